The molecule has 0 unspecified atom stereocenters. The van der Waals surface area contributed by atoms with Crippen LogP contribution in [0.5, 0.6) is 0 Å². The summed E-state index contributed by atoms with van der Waals surface area (Å²) in [6.45, 7) is 8.16. The minimum atomic E-state index is -0.283. The fourth-order valence-corrected chi connectivity index (χ4v) is 5.37. The highest BCUT2D eigenvalue weighted by Gasteiger charge is 2.35. The van der Waals surface area contributed by atoms with Gasteiger partial charge in [-0.25, -0.2) is 9.97 Å². The molecular formula is C30H26N6O2S2. The van der Waals surface area contributed by atoms with Crippen molar-refractivity contribution < 1.29 is 9.59 Å². The van der Waals surface area contributed by atoms with Crippen molar-refractivity contribution in [2.45, 2.75) is 53.4 Å². The number of carbonyl (C=O) groups is 2. The molecule has 0 aliphatic heterocycles. The average molecular weight is 567 g/mol. The quantitative estimate of drug-likeness (QED) is 0.274. The third kappa shape index (κ3) is 6.36. The van der Waals surface area contributed by atoms with E-state index in [0.717, 1.165) is 41.8 Å². The van der Waals surface area contributed by atoms with E-state index >= 15 is 0 Å². The first-order valence-corrected chi connectivity index (χ1v) is 14.5. The predicted octanol–water partition coefficient (Wildman–Crippen LogP) is 4.98. The lowest BCUT2D eigenvalue weighted by Gasteiger charge is -2.29. The Morgan fingerprint density at radius 1 is 0.725 bits per heavy atom. The Morgan fingerprint density at radius 2 is 1.30 bits per heavy atom. The predicted molar refractivity (Wildman–Crippen MR) is 153 cm³/mol. The molecule has 2 aliphatic carbocycles. The van der Waals surface area contributed by atoms with Gasteiger partial charge in [0.05, 0.1) is 11.4 Å². The van der Waals surface area contributed by atoms with Crippen molar-refractivity contribution in [1.82, 2.24) is 30.4 Å². The first kappa shape index (κ1) is 27.4. The van der Waals surface area contributed by atoms with E-state index in [1.165, 1.54) is 22.7 Å². The standard InChI is InChI=1S/2C15H13N3OS/c1-15(2)7-12-11(13(19)8-15)5-3-10(17-12)4-6-14-18-16-9-20-14;1-15(2)8-7-12-11(14(15)19)5-3-10(17-12)4-6-13-18-16-9-20-13/h2*3,5,9H,7-8H2,1-2H3. The van der Waals surface area contributed by atoms with Gasteiger partial charge in [-0.2, -0.15) is 0 Å². The summed E-state index contributed by atoms with van der Waals surface area (Å²) in [5.41, 5.74) is 7.52. The van der Waals surface area contributed by atoms with Crippen LogP contribution in [0, 0.1) is 34.5 Å². The van der Waals surface area contributed by atoms with E-state index in [0.29, 0.717) is 27.8 Å². The van der Waals surface area contributed by atoms with Crippen LogP contribution in [0.2, 0.25) is 0 Å². The van der Waals surface area contributed by atoms with Crippen LogP contribution >= 0.6 is 22.7 Å². The van der Waals surface area contributed by atoms with Crippen molar-refractivity contribution in [3.63, 3.8) is 0 Å². The lowest BCUT2D eigenvalue weighted by atomic mass is 9.75. The zero-order chi connectivity index (χ0) is 28.3. The summed E-state index contributed by atoms with van der Waals surface area (Å²) in [5, 5.41) is 16.5. The number of carbonyl (C=O) groups excluding carboxylic acids is 2. The minimum absolute atomic E-state index is 0.0254. The molecule has 10 heteroatoms. The molecule has 2 aliphatic rings. The zero-order valence-electron chi connectivity index (χ0n) is 22.6. The van der Waals surface area contributed by atoms with Crippen molar-refractivity contribution in [3.8, 4) is 23.7 Å². The molecule has 4 aromatic heterocycles. The topological polar surface area (TPSA) is 111 Å². The van der Waals surface area contributed by atoms with Crippen molar-refractivity contribution in [3.05, 3.63) is 79.2 Å². The number of hydrogen-bond donors (Lipinski definition) is 0. The third-order valence-corrected chi connectivity index (χ3v) is 7.91. The molecule has 4 aromatic rings. The maximum atomic E-state index is 12.3. The molecule has 4 heterocycles. The number of ketones is 2. The van der Waals surface area contributed by atoms with E-state index in [1.807, 2.05) is 26.0 Å². The van der Waals surface area contributed by atoms with E-state index in [-0.39, 0.29) is 22.4 Å². The second-order valence-corrected chi connectivity index (χ2v) is 12.7. The first-order chi connectivity index (χ1) is 19.1. The number of rotatable bonds is 0. The Hall–Kier alpha value is -4.12. The lowest BCUT2D eigenvalue weighted by Crippen LogP contribution is -2.31. The van der Waals surface area contributed by atoms with Crippen LogP contribution in [-0.4, -0.2) is 41.9 Å². The summed E-state index contributed by atoms with van der Waals surface area (Å²) >= 11 is 2.79. The van der Waals surface area contributed by atoms with Crippen LogP contribution in [0.3, 0.4) is 0 Å². The summed E-state index contributed by atoms with van der Waals surface area (Å²) < 4.78 is 0. The van der Waals surface area contributed by atoms with Crippen LogP contribution in [0.25, 0.3) is 0 Å². The number of aryl methyl sites for hydroxylation is 1. The molecule has 0 amide bonds. The Bertz CT molecular complexity index is 1700. The highest BCUT2D eigenvalue weighted by molar-refractivity contribution is 7.10. The van der Waals surface area contributed by atoms with Gasteiger partial charge in [-0.1, -0.05) is 50.4 Å². The van der Waals surface area contributed by atoms with Gasteiger partial charge in [0.1, 0.15) is 22.4 Å². The average Bonchev–Trinajstić information content (AvgIpc) is 3.63. The Morgan fingerprint density at radius 3 is 1.88 bits per heavy atom. The molecule has 40 heavy (non-hydrogen) atoms. The molecule has 0 saturated heterocycles. The van der Waals surface area contributed by atoms with Crippen LogP contribution < -0.4 is 0 Å². The Kier molecular flexibility index (Phi) is 7.66. The summed E-state index contributed by atoms with van der Waals surface area (Å²) in [6.07, 6.45) is 3.04. The van der Waals surface area contributed by atoms with Crippen molar-refractivity contribution in [1.29, 1.82) is 0 Å². The molecule has 0 saturated carbocycles. The molecule has 200 valence electrons. The zero-order valence-corrected chi connectivity index (χ0v) is 24.2. The van der Waals surface area contributed by atoms with E-state index in [2.05, 4.69) is 67.9 Å². The van der Waals surface area contributed by atoms with Gasteiger partial charge in [-0.3, -0.25) is 9.59 Å². The molecule has 0 radical (unpaired) electrons. The lowest BCUT2D eigenvalue weighted by molar-refractivity contribution is 0.0809. The largest absolute Gasteiger partial charge is 0.294 e. The van der Waals surface area contributed by atoms with Crippen molar-refractivity contribution in [2.24, 2.45) is 10.8 Å². The minimum Gasteiger partial charge on any atom is -0.294 e. The summed E-state index contributed by atoms with van der Waals surface area (Å²) in [5.74, 6) is 12.1. The van der Waals surface area contributed by atoms with E-state index in [9.17, 15) is 9.59 Å². The highest BCUT2D eigenvalue weighted by Crippen LogP contribution is 2.34. The molecule has 0 atom stereocenters. The number of nitrogens with zero attached hydrogens (tertiary/aromatic N) is 6. The second kappa shape index (κ2) is 11.2. The summed E-state index contributed by atoms with van der Waals surface area (Å²) in [4.78, 5) is 33.4. The summed E-state index contributed by atoms with van der Waals surface area (Å²) in [7, 11) is 0. The van der Waals surface area contributed by atoms with Crippen molar-refractivity contribution >= 4 is 34.2 Å². The van der Waals surface area contributed by atoms with Crippen LogP contribution in [0.15, 0.2) is 35.3 Å². The Balaban J connectivity index is 0.000000161. The van der Waals surface area contributed by atoms with Gasteiger partial charge < -0.3 is 0 Å². The van der Waals surface area contributed by atoms with E-state index < -0.39 is 0 Å². The van der Waals surface area contributed by atoms with Crippen LogP contribution in [0.4, 0.5) is 0 Å². The van der Waals surface area contributed by atoms with Gasteiger partial charge >= 0.3 is 0 Å². The highest BCUT2D eigenvalue weighted by atomic mass is 32.1. The van der Waals surface area contributed by atoms with Crippen LogP contribution in [-0.2, 0) is 12.8 Å². The molecule has 8 nitrogen and oxygen atoms in total. The van der Waals surface area contributed by atoms with E-state index in [1.54, 1.807) is 23.2 Å². The molecule has 0 fully saturated rings. The molecule has 6 rings (SSSR count). The maximum Gasteiger partial charge on any atom is 0.191 e. The molecule has 0 bridgehead atoms. The smallest absolute Gasteiger partial charge is 0.191 e. The van der Waals surface area contributed by atoms with Gasteiger partial charge in [0.15, 0.2) is 21.6 Å². The van der Waals surface area contributed by atoms with Gasteiger partial charge in [0, 0.05) is 23.0 Å². The van der Waals surface area contributed by atoms with Crippen molar-refractivity contribution in [2.75, 3.05) is 0 Å². The SMILES string of the molecule is CC1(C)CC(=O)c2ccc(C#Cc3nncs3)nc2C1.CC1(C)CCc2nc(C#Cc3nncs3)ccc2C1=O. The number of fused-ring (bicyclic) bond motifs is 2. The molecular weight excluding hydrogens is 541 g/mol. The Labute approximate surface area is 240 Å². The van der Waals surface area contributed by atoms with Gasteiger partial charge in [0.25, 0.3) is 0 Å². The number of aromatic nitrogens is 6. The first-order valence-electron chi connectivity index (χ1n) is 12.7. The van der Waals surface area contributed by atoms with Crippen LogP contribution in [0.1, 0.15) is 94.0 Å². The normalized spacial score (nSPS) is 16.2. The second-order valence-electron chi connectivity index (χ2n) is 11.0. The third-order valence-electron chi connectivity index (χ3n) is 6.70. The molecule has 0 N–H and O–H groups in total. The fourth-order valence-electron chi connectivity index (χ4n) is 4.57. The summed E-state index contributed by atoms with van der Waals surface area (Å²) in [6, 6.07) is 7.27. The van der Waals surface area contributed by atoms with E-state index in [4.69, 9.17) is 0 Å². The van der Waals surface area contributed by atoms with Gasteiger partial charge in [-0.05, 0) is 72.6 Å². The number of Topliss-reactive ketones (excluding diaryl/α,β-unsaturated/α-hetero) is 2. The number of hydrogen-bond acceptors (Lipinski definition) is 10. The van der Waals surface area contributed by atoms with Gasteiger partial charge in [-0.15, -0.1) is 20.4 Å². The molecule has 0 aromatic carbocycles. The maximum absolute atomic E-state index is 12.3. The molecule has 0 spiro atoms. The monoisotopic (exact) mass is 566 g/mol. The van der Waals surface area contributed by atoms with Gasteiger partial charge in [0.2, 0.25) is 0 Å². The number of pyridine rings is 2. The fraction of sp³-hybridized carbons (Fsp3) is 0.333.